The maximum atomic E-state index is 12.3. The van der Waals surface area contributed by atoms with Crippen molar-refractivity contribution in [2.24, 2.45) is 0 Å². The van der Waals surface area contributed by atoms with Crippen molar-refractivity contribution in [1.29, 1.82) is 0 Å². The number of thiocarbonyl (C=S) groups is 1. The smallest absolute Gasteiger partial charge is 0.250 e. The molecule has 9 nitrogen and oxygen atoms in total. The number of hydrogen-bond acceptors (Lipinski definition) is 6. The second kappa shape index (κ2) is 11.4. The van der Waals surface area contributed by atoms with Gasteiger partial charge in [0.1, 0.15) is 18.4 Å². The van der Waals surface area contributed by atoms with Crippen molar-refractivity contribution in [3.05, 3.63) is 102 Å². The fourth-order valence-electron chi connectivity index (χ4n) is 4.72. The minimum absolute atomic E-state index is 0.0662. The van der Waals surface area contributed by atoms with Crippen LogP contribution in [-0.2, 0) is 16.1 Å². The highest BCUT2D eigenvalue weighted by Gasteiger charge is 2.42. The summed E-state index contributed by atoms with van der Waals surface area (Å²) in [5, 5.41) is 6.92. The average molecular weight is 529 g/mol. The zero-order valence-corrected chi connectivity index (χ0v) is 21.9. The van der Waals surface area contributed by atoms with E-state index >= 15 is 0 Å². The second-order valence-corrected chi connectivity index (χ2v) is 9.17. The first-order valence-corrected chi connectivity index (χ1v) is 12.5. The SMILES string of the molecule is COCC(=O)Nc1cc(N2C(=S)NC(c3ccccn3)C2c2cccn2Cc2cccnc2)ccc1OC. The molecule has 0 radical (unpaired) electrons. The molecule has 38 heavy (non-hydrogen) atoms. The van der Waals surface area contributed by atoms with Crippen LogP contribution < -0.4 is 20.3 Å². The number of pyridine rings is 2. The average Bonchev–Trinajstić information content (AvgIpc) is 3.53. The lowest BCUT2D eigenvalue weighted by molar-refractivity contribution is -0.119. The highest BCUT2D eigenvalue weighted by Crippen LogP contribution is 2.43. The quantitative estimate of drug-likeness (QED) is 0.314. The molecule has 1 fully saturated rings. The number of carbonyl (C=O) groups is 1. The Morgan fingerprint density at radius 3 is 2.74 bits per heavy atom. The third-order valence-electron chi connectivity index (χ3n) is 6.35. The lowest BCUT2D eigenvalue weighted by Gasteiger charge is -2.29. The molecule has 2 unspecified atom stereocenters. The van der Waals surface area contributed by atoms with Crippen molar-refractivity contribution in [3.63, 3.8) is 0 Å². The number of carbonyl (C=O) groups excluding carboxylic acids is 1. The van der Waals surface area contributed by atoms with Crippen LogP contribution in [0.1, 0.15) is 29.0 Å². The monoisotopic (exact) mass is 528 g/mol. The van der Waals surface area contributed by atoms with E-state index in [1.165, 1.54) is 7.11 Å². The molecule has 5 rings (SSSR count). The fourth-order valence-corrected chi connectivity index (χ4v) is 5.07. The predicted molar refractivity (Wildman–Crippen MR) is 149 cm³/mol. The summed E-state index contributed by atoms with van der Waals surface area (Å²) in [5.74, 6) is 0.257. The summed E-state index contributed by atoms with van der Waals surface area (Å²) in [6, 6.07) is 19.2. The van der Waals surface area contributed by atoms with E-state index in [0.717, 1.165) is 22.6 Å². The third-order valence-corrected chi connectivity index (χ3v) is 6.67. The van der Waals surface area contributed by atoms with E-state index in [0.29, 0.717) is 23.1 Å². The van der Waals surface area contributed by atoms with Gasteiger partial charge in [-0.25, -0.2) is 0 Å². The van der Waals surface area contributed by atoms with Crippen LogP contribution in [0.3, 0.4) is 0 Å². The van der Waals surface area contributed by atoms with E-state index in [1.807, 2.05) is 54.7 Å². The maximum Gasteiger partial charge on any atom is 0.250 e. The van der Waals surface area contributed by atoms with Crippen LogP contribution in [0.4, 0.5) is 11.4 Å². The van der Waals surface area contributed by atoms with Crippen LogP contribution in [0, 0.1) is 0 Å². The van der Waals surface area contributed by atoms with Gasteiger partial charge in [0.05, 0.1) is 24.5 Å². The Morgan fingerprint density at radius 1 is 1.11 bits per heavy atom. The Balaban J connectivity index is 1.58. The first-order valence-electron chi connectivity index (χ1n) is 12.1. The Bertz CT molecular complexity index is 1410. The topological polar surface area (TPSA) is 93.5 Å². The number of amides is 1. The van der Waals surface area contributed by atoms with Crippen LogP contribution in [0.15, 0.2) is 85.5 Å². The fraction of sp³-hybridized carbons (Fsp3) is 0.214. The highest BCUT2D eigenvalue weighted by atomic mass is 32.1. The molecule has 4 aromatic rings. The number of rotatable bonds is 9. The van der Waals surface area contributed by atoms with Crippen LogP contribution in [0.25, 0.3) is 0 Å². The summed E-state index contributed by atoms with van der Waals surface area (Å²) >= 11 is 5.89. The van der Waals surface area contributed by atoms with Gasteiger partial charge in [0, 0.05) is 49.8 Å². The summed E-state index contributed by atoms with van der Waals surface area (Å²) < 4.78 is 12.7. The van der Waals surface area contributed by atoms with Gasteiger partial charge in [0.15, 0.2) is 5.11 Å². The number of methoxy groups -OCH3 is 2. The summed E-state index contributed by atoms with van der Waals surface area (Å²) in [4.78, 5) is 23.3. The molecule has 1 aliphatic rings. The Morgan fingerprint density at radius 2 is 2.00 bits per heavy atom. The molecule has 3 aromatic heterocycles. The number of nitrogens with one attached hydrogen (secondary N) is 2. The molecule has 1 amide bonds. The molecule has 0 bridgehead atoms. The number of ether oxygens (including phenoxy) is 2. The maximum absolute atomic E-state index is 12.3. The number of aromatic nitrogens is 3. The van der Waals surface area contributed by atoms with Crippen LogP contribution in [0.5, 0.6) is 5.75 Å². The first kappa shape index (κ1) is 25.4. The van der Waals surface area contributed by atoms with Gasteiger partial charge in [0.25, 0.3) is 0 Å². The van der Waals surface area contributed by atoms with Crippen molar-refractivity contribution >= 4 is 34.6 Å². The number of nitrogens with zero attached hydrogens (tertiary/aromatic N) is 4. The van der Waals surface area contributed by atoms with Crippen molar-refractivity contribution in [2.45, 2.75) is 18.6 Å². The molecule has 1 aromatic carbocycles. The molecule has 1 saturated heterocycles. The molecular formula is C28H28N6O3S. The van der Waals surface area contributed by atoms with Crippen LogP contribution in [0.2, 0.25) is 0 Å². The standard InChI is InChI=1S/C28H28N6O3S/c1-36-18-25(35)31-22-15-20(10-11-24(22)37-2)34-27(26(32-28(34)38)21-8-3-4-13-30-21)23-9-6-14-33(23)17-19-7-5-12-29-16-19/h3-16,26-27H,17-18H2,1-2H3,(H,31,35)(H,32,38). The molecule has 1 aliphatic heterocycles. The van der Waals surface area contributed by atoms with Gasteiger partial charge in [0.2, 0.25) is 5.91 Å². The lowest BCUT2D eigenvalue weighted by atomic mass is 10.0. The molecule has 2 atom stereocenters. The lowest BCUT2D eigenvalue weighted by Crippen LogP contribution is -2.30. The van der Waals surface area contributed by atoms with E-state index in [1.54, 1.807) is 19.5 Å². The van der Waals surface area contributed by atoms with Crippen molar-refractivity contribution < 1.29 is 14.3 Å². The minimum atomic E-state index is -0.279. The summed E-state index contributed by atoms with van der Waals surface area (Å²) in [5.41, 5.74) is 4.34. The third kappa shape index (κ3) is 5.22. The van der Waals surface area contributed by atoms with Gasteiger partial charge in [-0.1, -0.05) is 12.1 Å². The van der Waals surface area contributed by atoms with E-state index in [2.05, 4.69) is 48.4 Å². The number of benzene rings is 1. The second-order valence-electron chi connectivity index (χ2n) is 8.78. The Kier molecular flexibility index (Phi) is 7.62. The van der Waals surface area contributed by atoms with Gasteiger partial charge in [-0.05, 0) is 66.3 Å². The van der Waals surface area contributed by atoms with Crippen molar-refractivity contribution in [2.75, 3.05) is 31.0 Å². The van der Waals surface area contributed by atoms with E-state index < -0.39 is 0 Å². The largest absolute Gasteiger partial charge is 0.495 e. The van der Waals surface area contributed by atoms with Gasteiger partial charge in [-0.3, -0.25) is 14.8 Å². The zero-order chi connectivity index (χ0) is 26.5. The normalized spacial score (nSPS) is 16.8. The Labute approximate surface area is 226 Å². The van der Waals surface area contributed by atoms with Gasteiger partial charge >= 0.3 is 0 Å². The molecule has 2 N–H and O–H groups in total. The van der Waals surface area contributed by atoms with E-state index in [9.17, 15) is 4.79 Å². The van der Waals surface area contributed by atoms with E-state index in [4.69, 9.17) is 21.7 Å². The molecule has 10 heteroatoms. The zero-order valence-electron chi connectivity index (χ0n) is 21.1. The predicted octanol–water partition coefficient (Wildman–Crippen LogP) is 4.10. The van der Waals surface area contributed by atoms with Crippen molar-refractivity contribution in [3.8, 4) is 5.75 Å². The van der Waals surface area contributed by atoms with Gasteiger partial charge < -0.3 is 29.6 Å². The van der Waals surface area contributed by atoms with Gasteiger partial charge in [-0.2, -0.15) is 0 Å². The highest BCUT2D eigenvalue weighted by molar-refractivity contribution is 7.80. The van der Waals surface area contributed by atoms with Crippen molar-refractivity contribution in [1.82, 2.24) is 19.9 Å². The van der Waals surface area contributed by atoms with Crippen LogP contribution in [-0.4, -0.2) is 46.4 Å². The molecular weight excluding hydrogens is 500 g/mol. The summed E-state index contributed by atoms with van der Waals surface area (Å²) in [6.45, 7) is 0.590. The molecule has 0 saturated carbocycles. The minimum Gasteiger partial charge on any atom is -0.495 e. The number of hydrogen-bond donors (Lipinski definition) is 2. The first-order chi connectivity index (χ1) is 18.6. The molecule has 194 valence electrons. The van der Waals surface area contributed by atoms with Crippen LogP contribution >= 0.6 is 12.2 Å². The molecule has 4 heterocycles. The Hall–Kier alpha value is -4.28. The molecule has 0 aliphatic carbocycles. The number of anilines is 2. The summed E-state index contributed by atoms with van der Waals surface area (Å²) in [7, 11) is 3.04. The van der Waals surface area contributed by atoms with Gasteiger partial charge in [-0.15, -0.1) is 0 Å². The van der Waals surface area contributed by atoms with E-state index in [-0.39, 0.29) is 24.6 Å². The summed E-state index contributed by atoms with van der Waals surface area (Å²) in [6.07, 6.45) is 7.48. The molecule has 0 spiro atoms.